The summed E-state index contributed by atoms with van der Waals surface area (Å²) < 4.78 is 11.1. The molecule has 1 aromatic heterocycles. The molecule has 0 N–H and O–H groups in total. The third-order valence-corrected chi connectivity index (χ3v) is 2.84. The van der Waals surface area contributed by atoms with Crippen molar-refractivity contribution in [2.75, 3.05) is 13.2 Å². The summed E-state index contributed by atoms with van der Waals surface area (Å²) in [5.41, 5.74) is 1.95. The smallest absolute Gasteiger partial charge is 0.224 e. The number of nitrogens with zero attached hydrogens (tertiary/aromatic N) is 2. The molecule has 0 unspecified atom stereocenters. The normalized spacial score (nSPS) is 12.9. The Morgan fingerprint density at radius 3 is 2.83 bits per heavy atom. The van der Waals surface area contributed by atoms with Crippen LogP contribution in [-0.2, 0) is 6.42 Å². The number of ether oxygens (including phenoxy) is 2. The molecule has 2 aromatic rings. The average molecular weight is 242 g/mol. The first-order chi connectivity index (χ1) is 8.88. The summed E-state index contributed by atoms with van der Waals surface area (Å²) in [5.74, 6) is 1.96. The van der Waals surface area contributed by atoms with Gasteiger partial charge in [0.05, 0.1) is 18.8 Å². The molecule has 0 aliphatic carbocycles. The summed E-state index contributed by atoms with van der Waals surface area (Å²) in [4.78, 5) is 8.94. The molecule has 18 heavy (non-hydrogen) atoms. The molecule has 4 heteroatoms. The van der Waals surface area contributed by atoms with Gasteiger partial charge in [-0.15, -0.1) is 0 Å². The van der Waals surface area contributed by atoms with E-state index in [4.69, 9.17) is 9.47 Å². The second kappa shape index (κ2) is 4.64. The van der Waals surface area contributed by atoms with Crippen molar-refractivity contribution in [2.45, 2.75) is 13.3 Å². The van der Waals surface area contributed by atoms with E-state index >= 15 is 0 Å². The number of benzene rings is 1. The second-order valence-corrected chi connectivity index (χ2v) is 4.03. The molecule has 0 amide bonds. The zero-order valence-corrected chi connectivity index (χ0v) is 10.2. The molecule has 92 valence electrons. The van der Waals surface area contributed by atoms with Gasteiger partial charge in [-0.1, -0.05) is 30.3 Å². The second-order valence-electron chi connectivity index (χ2n) is 4.03. The minimum atomic E-state index is 0.595. The highest BCUT2D eigenvalue weighted by Crippen LogP contribution is 2.32. The zero-order valence-electron chi connectivity index (χ0n) is 10.2. The van der Waals surface area contributed by atoms with Gasteiger partial charge < -0.3 is 9.47 Å². The topological polar surface area (TPSA) is 44.2 Å². The first kappa shape index (κ1) is 11.0. The Bertz CT molecular complexity index is 555. The minimum Gasteiger partial charge on any atom is -0.478 e. The maximum Gasteiger partial charge on any atom is 0.224 e. The maximum atomic E-state index is 5.58. The molecular weight excluding hydrogens is 228 g/mol. The van der Waals surface area contributed by atoms with Crippen molar-refractivity contribution in [1.29, 1.82) is 0 Å². The van der Waals surface area contributed by atoms with E-state index in [0.29, 0.717) is 30.8 Å². The Morgan fingerprint density at radius 2 is 2.06 bits per heavy atom. The van der Waals surface area contributed by atoms with Crippen molar-refractivity contribution in [3.05, 3.63) is 35.9 Å². The van der Waals surface area contributed by atoms with Crippen LogP contribution in [-0.4, -0.2) is 23.2 Å². The molecule has 0 spiro atoms. The van der Waals surface area contributed by atoms with Crippen LogP contribution < -0.4 is 9.47 Å². The van der Waals surface area contributed by atoms with Crippen molar-refractivity contribution in [2.24, 2.45) is 0 Å². The molecular formula is C14H14N2O2. The van der Waals surface area contributed by atoms with Gasteiger partial charge >= 0.3 is 0 Å². The molecule has 1 aliphatic rings. The summed E-state index contributed by atoms with van der Waals surface area (Å²) in [7, 11) is 0. The fraction of sp³-hybridized carbons (Fsp3) is 0.286. The van der Waals surface area contributed by atoms with Gasteiger partial charge in [0.2, 0.25) is 11.8 Å². The van der Waals surface area contributed by atoms with Crippen LogP contribution in [0, 0.1) is 0 Å². The van der Waals surface area contributed by atoms with E-state index in [1.54, 1.807) is 0 Å². The van der Waals surface area contributed by atoms with Gasteiger partial charge in [0, 0.05) is 12.0 Å². The maximum absolute atomic E-state index is 5.58. The Balaban J connectivity index is 2.09. The Kier molecular flexibility index (Phi) is 2.84. The van der Waals surface area contributed by atoms with Crippen molar-refractivity contribution in [1.82, 2.24) is 9.97 Å². The summed E-state index contributed by atoms with van der Waals surface area (Å²) in [6.07, 6.45) is 0.819. The predicted molar refractivity (Wildman–Crippen MR) is 67.8 cm³/mol. The van der Waals surface area contributed by atoms with E-state index in [9.17, 15) is 0 Å². The highest BCUT2D eigenvalue weighted by molar-refractivity contribution is 5.57. The number of fused-ring (bicyclic) bond motifs is 1. The first-order valence-corrected chi connectivity index (χ1v) is 6.10. The van der Waals surface area contributed by atoms with Crippen LogP contribution in [0.1, 0.15) is 12.5 Å². The lowest BCUT2D eigenvalue weighted by Gasteiger charge is -2.08. The van der Waals surface area contributed by atoms with Crippen LogP contribution in [0.5, 0.6) is 11.8 Å². The Hall–Kier alpha value is -2.10. The van der Waals surface area contributed by atoms with E-state index in [1.807, 2.05) is 37.3 Å². The number of rotatable bonds is 3. The minimum absolute atomic E-state index is 0.595. The Morgan fingerprint density at radius 1 is 1.22 bits per heavy atom. The molecule has 1 aromatic carbocycles. The van der Waals surface area contributed by atoms with Crippen LogP contribution in [0.4, 0.5) is 0 Å². The van der Waals surface area contributed by atoms with Gasteiger partial charge in [-0.25, -0.2) is 0 Å². The lowest BCUT2D eigenvalue weighted by atomic mass is 10.2. The van der Waals surface area contributed by atoms with Crippen LogP contribution in [0.25, 0.3) is 11.4 Å². The summed E-state index contributed by atoms with van der Waals surface area (Å²) in [5, 5.41) is 0. The van der Waals surface area contributed by atoms with Gasteiger partial charge in [-0.2, -0.15) is 9.97 Å². The zero-order chi connectivity index (χ0) is 12.4. The summed E-state index contributed by atoms with van der Waals surface area (Å²) in [6, 6.07) is 9.86. The van der Waals surface area contributed by atoms with Crippen molar-refractivity contribution in [3.8, 4) is 23.1 Å². The fourth-order valence-corrected chi connectivity index (χ4v) is 2.00. The molecule has 1 aliphatic heterocycles. The molecule has 0 radical (unpaired) electrons. The molecule has 0 saturated carbocycles. The van der Waals surface area contributed by atoms with E-state index in [1.165, 1.54) is 0 Å². The molecule has 4 nitrogen and oxygen atoms in total. The molecule has 0 saturated heterocycles. The Labute approximate surface area is 106 Å². The van der Waals surface area contributed by atoms with Gasteiger partial charge in [-0.05, 0) is 6.92 Å². The van der Waals surface area contributed by atoms with Gasteiger partial charge in [0.15, 0.2) is 5.82 Å². The monoisotopic (exact) mass is 242 g/mol. The van der Waals surface area contributed by atoms with E-state index in [0.717, 1.165) is 17.5 Å². The van der Waals surface area contributed by atoms with Crippen LogP contribution in [0.15, 0.2) is 30.3 Å². The molecule has 0 bridgehead atoms. The third kappa shape index (κ3) is 1.90. The highest BCUT2D eigenvalue weighted by atomic mass is 16.5. The standard InChI is InChI=1S/C14H14N2O2/c1-2-17-13-11-8-9-18-14(11)16-12(15-13)10-6-4-3-5-7-10/h3-7H,2,8-9H2,1H3. The number of aromatic nitrogens is 2. The van der Waals surface area contributed by atoms with Crippen LogP contribution in [0.2, 0.25) is 0 Å². The third-order valence-electron chi connectivity index (χ3n) is 2.84. The van der Waals surface area contributed by atoms with Crippen molar-refractivity contribution < 1.29 is 9.47 Å². The van der Waals surface area contributed by atoms with Gasteiger partial charge in [-0.3, -0.25) is 0 Å². The molecule has 0 fully saturated rings. The molecule has 3 rings (SSSR count). The predicted octanol–water partition coefficient (Wildman–Crippen LogP) is 2.48. The SMILES string of the molecule is CCOc1nc(-c2ccccc2)nc2c1CCO2. The first-order valence-electron chi connectivity index (χ1n) is 6.10. The lowest BCUT2D eigenvalue weighted by Crippen LogP contribution is -2.01. The van der Waals surface area contributed by atoms with Crippen LogP contribution in [0.3, 0.4) is 0 Å². The van der Waals surface area contributed by atoms with E-state index in [-0.39, 0.29) is 0 Å². The quantitative estimate of drug-likeness (QED) is 0.829. The van der Waals surface area contributed by atoms with Gasteiger partial charge in [0.1, 0.15) is 0 Å². The van der Waals surface area contributed by atoms with Crippen LogP contribution >= 0.6 is 0 Å². The fourth-order valence-electron chi connectivity index (χ4n) is 2.00. The highest BCUT2D eigenvalue weighted by Gasteiger charge is 2.22. The largest absolute Gasteiger partial charge is 0.478 e. The lowest BCUT2D eigenvalue weighted by molar-refractivity contribution is 0.322. The average Bonchev–Trinajstić information content (AvgIpc) is 2.88. The van der Waals surface area contributed by atoms with E-state index < -0.39 is 0 Å². The number of hydrogen-bond acceptors (Lipinski definition) is 4. The molecule has 0 atom stereocenters. The van der Waals surface area contributed by atoms with Crippen molar-refractivity contribution in [3.63, 3.8) is 0 Å². The van der Waals surface area contributed by atoms with E-state index in [2.05, 4.69) is 9.97 Å². The van der Waals surface area contributed by atoms with Gasteiger partial charge in [0.25, 0.3) is 0 Å². The summed E-state index contributed by atoms with van der Waals surface area (Å²) in [6.45, 7) is 3.20. The van der Waals surface area contributed by atoms with Crippen molar-refractivity contribution >= 4 is 0 Å². The molecule has 2 heterocycles. The number of hydrogen-bond donors (Lipinski definition) is 0. The summed E-state index contributed by atoms with van der Waals surface area (Å²) >= 11 is 0.